The summed E-state index contributed by atoms with van der Waals surface area (Å²) in [5, 5.41) is 0. The quantitative estimate of drug-likeness (QED) is 0.399. The number of nitrogens with zero attached hydrogens (tertiary/aromatic N) is 1. The molecule has 9 heteroatoms. The zero-order valence-electron chi connectivity index (χ0n) is 15.2. The van der Waals surface area contributed by atoms with E-state index >= 15 is 0 Å². The first-order valence-corrected chi connectivity index (χ1v) is 8.57. The normalized spacial score (nSPS) is 13.4. The first-order chi connectivity index (χ1) is 13.9. The number of hydrogen-bond donors (Lipinski definition) is 0. The Kier molecular flexibility index (Phi) is 5.58. The van der Waals surface area contributed by atoms with E-state index < -0.39 is 46.6 Å². The SMILES string of the molecule is CC(c1ccc(F)c(F)c1)c1ccc(-c2ccc(C(F)(F)F)cc2C(F)(F)F)cn1. The predicted octanol–water partition coefficient (Wildman–Crippen LogP) is 7.22. The van der Waals surface area contributed by atoms with Crippen LogP contribution in [0.25, 0.3) is 11.1 Å². The van der Waals surface area contributed by atoms with Crippen LogP contribution >= 0.6 is 0 Å². The molecule has 1 unspecified atom stereocenters. The molecule has 158 valence electrons. The molecule has 0 aliphatic heterocycles. The summed E-state index contributed by atoms with van der Waals surface area (Å²) in [4.78, 5) is 4.07. The van der Waals surface area contributed by atoms with Gasteiger partial charge in [-0.1, -0.05) is 25.1 Å². The van der Waals surface area contributed by atoms with Crippen molar-refractivity contribution in [1.82, 2.24) is 4.98 Å². The number of benzene rings is 2. The number of aromatic nitrogens is 1. The van der Waals surface area contributed by atoms with Crippen LogP contribution in [-0.2, 0) is 12.4 Å². The van der Waals surface area contributed by atoms with Gasteiger partial charge in [-0.15, -0.1) is 0 Å². The van der Waals surface area contributed by atoms with Crippen molar-refractivity contribution in [1.29, 1.82) is 0 Å². The molecular formula is C21H13F8N. The van der Waals surface area contributed by atoms with E-state index in [-0.39, 0.29) is 11.6 Å². The molecule has 0 saturated carbocycles. The van der Waals surface area contributed by atoms with E-state index in [2.05, 4.69) is 4.98 Å². The van der Waals surface area contributed by atoms with E-state index in [0.29, 0.717) is 17.3 Å². The second-order valence-electron chi connectivity index (χ2n) is 6.62. The van der Waals surface area contributed by atoms with Gasteiger partial charge in [0.25, 0.3) is 0 Å². The maximum absolute atomic E-state index is 13.4. The molecule has 3 rings (SSSR count). The first-order valence-electron chi connectivity index (χ1n) is 8.57. The van der Waals surface area contributed by atoms with E-state index in [1.807, 2.05) is 0 Å². The number of halogens is 8. The van der Waals surface area contributed by atoms with Crippen molar-refractivity contribution >= 4 is 0 Å². The molecule has 1 nitrogen and oxygen atoms in total. The Morgan fingerprint density at radius 2 is 1.47 bits per heavy atom. The lowest BCUT2D eigenvalue weighted by Crippen LogP contribution is -2.12. The van der Waals surface area contributed by atoms with Crippen LogP contribution in [0.1, 0.15) is 35.2 Å². The van der Waals surface area contributed by atoms with Crippen LogP contribution in [0.2, 0.25) is 0 Å². The van der Waals surface area contributed by atoms with E-state index in [9.17, 15) is 35.1 Å². The van der Waals surface area contributed by atoms with E-state index in [0.717, 1.165) is 24.4 Å². The van der Waals surface area contributed by atoms with E-state index in [1.165, 1.54) is 18.2 Å². The fourth-order valence-corrected chi connectivity index (χ4v) is 2.98. The average molecular weight is 431 g/mol. The lowest BCUT2D eigenvalue weighted by molar-refractivity contribution is -0.142. The van der Waals surface area contributed by atoms with Gasteiger partial charge in [0, 0.05) is 23.4 Å². The minimum Gasteiger partial charge on any atom is -0.260 e. The molecule has 1 atom stereocenters. The Morgan fingerprint density at radius 1 is 0.767 bits per heavy atom. The van der Waals surface area contributed by atoms with Crippen molar-refractivity contribution in [2.75, 3.05) is 0 Å². The Bertz CT molecular complexity index is 1050. The number of pyridine rings is 1. The van der Waals surface area contributed by atoms with Crippen molar-refractivity contribution in [3.8, 4) is 11.1 Å². The molecule has 0 spiro atoms. The maximum Gasteiger partial charge on any atom is 0.417 e. The average Bonchev–Trinajstić information content (AvgIpc) is 2.68. The molecule has 0 radical (unpaired) electrons. The summed E-state index contributed by atoms with van der Waals surface area (Å²) < 4.78 is 105. The van der Waals surface area contributed by atoms with Crippen LogP contribution in [0.4, 0.5) is 35.1 Å². The van der Waals surface area contributed by atoms with Crippen molar-refractivity contribution in [3.63, 3.8) is 0 Å². The highest BCUT2D eigenvalue weighted by molar-refractivity contribution is 5.68. The number of hydrogen-bond acceptors (Lipinski definition) is 1. The Morgan fingerprint density at radius 3 is 2.00 bits per heavy atom. The van der Waals surface area contributed by atoms with Gasteiger partial charge in [0.15, 0.2) is 11.6 Å². The molecule has 1 heterocycles. The first kappa shape index (κ1) is 21.7. The minimum absolute atomic E-state index is 0.0303. The van der Waals surface area contributed by atoms with Gasteiger partial charge >= 0.3 is 12.4 Å². The summed E-state index contributed by atoms with van der Waals surface area (Å²) >= 11 is 0. The van der Waals surface area contributed by atoms with Gasteiger partial charge in [0.2, 0.25) is 0 Å². The van der Waals surface area contributed by atoms with Crippen LogP contribution in [0.15, 0.2) is 54.7 Å². The van der Waals surface area contributed by atoms with Gasteiger partial charge in [0.05, 0.1) is 11.1 Å². The lowest BCUT2D eigenvalue weighted by atomic mass is 9.94. The Balaban J connectivity index is 1.98. The fraction of sp³-hybridized carbons (Fsp3) is 0.190. The highest BCUT2D eigenvalue weighted by Gasteiger charge is 2.38. The Labute approximate surface area is 166 Å². The summed E-state index contributed by atoms with van der Waals surface area (Å²) in [5.41, 5.74) is -2.55. The van der Waals surface area contributed by atoms with Crippen molar-refractivity contribution in [2.24, 2.45) is 0 Å². The van der Waals surface area contributed by atoms with Crippen molar-refractivity contribution in [2.45, 2.75) is 25.2 Å². The standard InChI is InChI=1S/C21H13F8N/c1-11(12-2-6-17(22)18(23)8-12)19-7-3-13(10-30-19)15-5-4-14(20(24,25)26)9-16(15)21(27,28)29/h2-11H,1H3. The number of alkyl halides is 6. The van der Waals surface area contributed by atoms with Gasteiger partial charge in [-0.2, -0.15) is 26.3 Å². The summed E-state index contributed by atoms with van der Waals surface area (Å²) in [6.07, 6.45) is -8.82. The second-order valence-corrected chi connectivity index (χ2v) is 6.62. The molecule has 0 fully saturated rings. The summed E-state index contributed by atoms with van der Waals surface area (Å²) in [5.74, 6) is -2.56. The van der Waals surface area contributed by atoms with Crippen LogP contribution < -0.4 is 0 Å². The molecule has 0 aliphatic rings. The molecule has 0 N–H and O–H groups in total. The van der Waals surface area contributed by atoms with Crippen LogP contribution in [0, 0.1) is 11.6 Å². The topological polar surface area (TPSA) is 12.9 Å². The number of rotatable bonds is 3. The van der Waals surface area contributed by atoms with Crippen LogP contribution in [0.5, 0.6) is 0 Å². The van der Waals surface area contributed by atoms with Crippen molar-refractivity contribution < 1.29 is 35.1 Å². The second kappa shape index (κ2) is 7.70. The third kappa shape index (κ3) is 4.44. The summed E-state index contributed by atoms with van der Waals surface area (Å²) in [6, 6.07) is 7.36. The zero-order valence-corrected chi connectivity index (χ0v) is 15.2. The van der Waals surface area contributed by atoms with Gasteiger partial charge in [-0.3, -0.25) is 4.98 Å². The molecular weight excluding hydrogens is 418 g/mol. The molecule has 30 heavy (non-hydrogen) atoms. The molecule has 2 aromatic carbocycles. The van der Waals surface area contributed by atoms with Crippen LogP contribution in [0.3, 0.4) is 0 Å². The van der Waals surface area contributed by atoms with Crippen molar-refractivity contribution in [3.05, 3.63) is 88.7 Å². The zero-order chi connectivity index (χ0) is 22.3. The molecule has 0 aliphatic carbocycles. The maximum atomic E-state index is 13.4. The molecule has 0 bridgehead atoms. The fourth-order valence-electron chi connectivity index (χ4n) is 2.98. The summed E-state index contributed by atoms with van der Waals surface area (Å²) in [6.45, 7) is 1.65. The smallest absolute Gasteiger partial charge is 0.260 e. The summed E-state index contributed by atoms with van der Waals surface area (Å²) in [7, 11) is 0. The minimum atomic E-state index is -5.01. The van der Waals surface area contributed by atoms with Gasteiger partial charge in [-0.25, -0.2) is 8.78 Å². The molecule has 1 aromatic heterocycles. The van der Waals surface area contributed by atoms with E-state index in [1.54, 1.807) is 6.92 Å². The molecule has 0 saturated heterocycles. The van der Waals surface area contributed by atoms with Gasteiger partial charge in [-0.05, 0) is 41.5 Å². The molecule has 3 aromatic rings. The lowest BCUT2D eigenvalue weighted by Gasteiger charge is -2.17. The molecule has 0 amide bonds. The largest absolute Gasteiger partial charge is 0.417 e. The van der Waals surface area contributed by atoms with Crippen LogP contribution in [-0.4, -0.2) is 4.98 Å². The third-order valence-electron chi connectivity index (χ3n) is 4.64. The van der Waals surface area contributed by atoms with Gasteiger partial charge in [0.1, 0.15) is 0 Å². The van der Waals surface area contributed by atoms with Gasteiger partial charge < -0.3 is 0 Å². The highest BCUT2D eigenvalue weighted by Crippen LogP contribution is 2.41. The van der Waals surface area contributed by atoms with E-state index in [4.69, 9.17) is 0 Å². The highest BCUT2D eigenvalue weighted by atomic mass is 19.4. The monoisotopic (exact) mass is 431 g/mol. The third-order valence-corrected chi connectivity index (χ3v) is 4.64. The predicted molar refractivity (Wildman–Crippen MR) is 93.6 cm³/mol. The Hall–Kier alpha value is -2.97.